The molecule has 0 spiro atoms. The number of non-ortho nitro benzene ring substituents is 1. The minimum atomic E-state index is -0.422. The van der Waals surface area contributed by atoms with Crippen molar-refractivity contribution in [2.45, 2.75) is 5.16 Å². The van der Waals surface area contributed by atoms with E-state index in [4.69, 9.17) is 0 Å². The van der Waals surface area contributed by atoms with Crippen molar-refractivity contribution in [2.75, 3.05) is 41.9 Å². The zero-order chi connectivity index (χ0) is 27.4. The van der Waals surface area contributed by atoms with Gasteiger partial charge >= 0.3 is 0 Å². The van der Waals surface area contributed by atoms with Gasteiger partial charge in [0.15, 0.2) is 5.16 Å². The monoisotopic (exact) mass is 565 g/mol. The van der Waals surface area contributed by atoms with Crippen LogP contribution in [0, 0.1) is 15.9 Å². The number of hydrogen-bond donors (Lipinski definition) is 0. The Morgan fingerprint density at radius 1 is 0.949 bits per heavy atom. The molecule has 2 heterocycles. The van der Waals surface area contributed by atoms with Crippen LogP contribution in [0.5, 0.6) is 0 Å². The Morgan fingerprint density at radius 3 is 2.31 bits per heavy atom. The summed E-state index contributed by atoms with van der Waals surface area (Å²) in [6.07, 6.45) is 0. The Balaban J connectivity index is 1.18. The number of amides is 1. The number of nitro benzene ring substituents is 1. The van der Waals surface area contributed by atoms with Gasteiger partial charge in [-0.15, -0.1) is 11.8 Å². The third-order valence-electron chi connectivity index (χ3n) is 6.38. The largest absolute Gasteiger partial charge is 0.368 e. The molecule has 4 aromatic rings. The van der Waals surface area contributed by atoms with Gasteiger partial charge in [-0.2, -0.15) is 0 Å². The Kier molecular flexibility index (Phi) is 8.13. The number of nitro groups is 1. The van der Waals surface area contributed by atoms with Crippen molar-refractivity contribution >= 4 is 51.7 Å². The number of fused-ring (bicyclic) bond motifs is 1. The molecule has 0 unspecified atom stereocenters. The van der Waals surface area contributed by atoms with E-state index < -0.39 is 10.7 Å². The molecule has 0 N–H and O–H groups in total. The van der Waals surface area contributed by atoms with Gasteiger partial charge in [-0.3, -0.25) is 24.3 Å². The van der Waals surface area contributed by atoms with Gasteiger partial charge in [-0.1, -0.05) is 23.9 Å². The van der Waals surface area contributed by atoms with Crippen LogP contribution in [-0.4, -0.2) is 62.3 Å². The standard InChI is InChI=1S/C27H24FN5O4S2/c28-19-5-7-21(8-6-19)32-26(35)23-3-1-2-4-24(23)29-27(32)39-18-38-17-25(34)31-15-13-30(14-16-31)20-9-11-22(12-10-20)33(36)37/h1-12H,13-18H2. The van der Waals surface area contributed by atoms with Gasteiger partial charge in [-0.25, -0.2) is 9.37 Å². The minimum Gasteiger partial charge on any atom is -0.368 e. The van der Waals surface area contributed by atoms with Gasteiger partial charge in [0.25, 0.3) is 11.2 Å². The maximum atomic E-state index is 13.5. The Hall–Kier alpha value is -3.90. The number of carbonyl (C=O) groups excluding carboxylic acids is 1. The summed E-state index contributed by atoms with van der Waals surface area (Å²) in [6, 6.07) is 19.2. The molecule has 1 amide bonds. The summed E-state index contributed by atoms with van der Waals surface area (Å²) in [6.45, 7) is 2.43. The summed E-state index contributed by atoms with van der Waals surface area (Å²) < 4.78 is 15.0. The first-order valence-electron chi connectivity index (χ1n) is 12.2. The fraction of sp³-hybridized carbons (Fsp3) is 0.222. The van der Waals surface area contributed by atoms with Gasteiger partial charge in [0.05, 0.1) is 27.3 Å². The molecule has 1 aromatic heterocycles. The zero-order valence-electron chi connectivity index (χ0n) is 20.7. The molecule has 0 aliphatic carbocycles. The number of para-hydroxylation sites is 1. The molecule has 1 aliphatic heterocycles. The molecule has 1 saturated heterocycles. The lowest BCUT2D eigenvalue weighted by Crippen LogP contribution is -2.49. The number of thioether (sulfide) groups is 2. The van der Waals surface area contributed by atoms with Crippen molar-refractivity contribution in [1.29, 1.82) is 0 Å². The first kappa shape index (κ1) is 26.7. The highest BCUT2D eigenvalue weighted by Crippen LogP contribution is 2.25. The summed E-state index contributed by atoms with van der Waals surface area (Å²) in [7, 11) is 0. The van der Waals surface area contributed by atoms with Crippen LogP contribution in [-0.2, 0) is 4.79 Å². The molecule has 1 aliphatic rings. The third-order valence-corrected chi connectivity index (χ3v) is 8.51. The van der Waals surface area contributed by atoms with Crippen molar-refractivity contribution in [3.8, 4) is 5.69 Å². The summed E-state index contributed by atoms with van der Waals surface area (Å²) >= 11 is 2.81. The molecule has 39 heavy (non-hydrogen) atoms. The maximum Gasteiger partial charge on any atom is 0.269 e. The van der Waals surface area contributed by atoms with E-state index in [1.807, 2.05) is 11.0 Å². The van der Waals surface area contributed by atoms with Crippen molar-refractivity contribution < 1.29 is 14.1 Å². The van der Waals surface area contributed by atoms with Gasteiger partial charge in [0.2, 0.25) is 5.91 Å². The average molecular weight is 566 g/mol. The molecular formula is C27H24FN5O4S2. The van der Waals surface area contributed by atoms with E-state index in [2.05, 4.69) is 9.88 Å². The van der Waals surface area contributed by atoms with E-state index in [0.717, 1.165) is 5.69 Å². The topological polar surface area (TPSA) is 102 Å². The third kappa shape index (κ3) is 6.07. The average Bonchev–Trinajstić information content (AvgIpc) is 2.96. The molecule has 0 radical (unpaired) electrons. The number of halogens is 1. The zero-order valence-corrected chi connectivity index (χ0v) is 22.4. The van der Waals surface area contributed by atoms with Crippen molar-refractivity contribution in [3.05, 3.63) is 99.1 Å². The van der Waals surface area contributed by atoms with Crippen LogP contribution >= 0.6 is 23.5 Å². The van der Waals surface area contributed by atoms with Crippen LogP contribution in [0.2, 0.25) is 0 Å². The lowest BCUT2D eigenvalue weighted by Gasteiger charge is -2.36. The first-order chi connectivity index (χ1) is 18.9. The SMILES string of the molecule is O=C(CSCSc1nc2ccccc2c(=O)n1-c1ccc(F)cc1)N1CCN(c2ccc([N+](=O)[O-])cc2)CC1. The molecule has 5 rings (SSSR count). The molecule has 0 atom stereocenters. The van der Waals surface area contributed by atoms with Gasteiger partial charge in [0, 0.05) is 49.1 Å². The lowest BCUT2D eigenvalue weighted by molar-refractivity contribution is -0.384. The van der Waals surface area contributed by atoms with Crippen molar-refractivity contribution in [2.24, 2.45) is 0 Å². The highest BCUT2D eigenvalue weighted by atomic mass is 32.2. The van der Waals surface area contributed by atoms with Crippen LogP contribution in [0.15, 0.2) is 82.7 Å². The van der Waals surface area contributed by atoms with Crippen LogP contribution in [0.25, 0.3) is 16.6 Å². The minimum absolute atomic E-state index is 0.0337. The normalized spacial score (nSPS) is 13.6. The van der Waals surface area contributed by atoms with Crippen LogP contribution < -0.4 is 10.5 Å². The van der Waals surface area contributed by atoms with Gasteiger partial charge < -0.3 is 9.80 Å². The number of anilines is 1. The van der Waals surface area contributed by atoms with E-state index in [-0.39, 0.29) is 17.2 Å². The molecule has 200 valence electrons. The molecule has 3 aromatic carbocycles. The number of nitrogens with zero attached hydrogens (tertiary/aromatic N) is 5. The van der Waals surface area contributed by atoms with Crippen molar-refractivity contribution in [1.82, 2.24) is 14.5 Å². The van der Waals surface area contributed by atoms with E-state index >= 15 is 0 Å². The number of benzene rings is 3. The van der Waals surface area contributed by atoms with Crippen LogP contribution in [0.1, 0.15) is 0 Å². The summed E-state index contributed by atoms with van der Waals surface area (Å²) in [5.74, 6) is -0.0671. The highest BCUT2D eigenvalue weighted by Gasteiger charge is 2.22. The second-order valence-corrected chi connectivity index (χ2v) is 11.1. The Bertz CT molecular complexity index is 1560. The second-order valence-electron chi connectivity index (χ2n) is 8.78. The Morgan fingerprint density at radius 2 is 1.62 bits per heavy atom. The number of aromatic nitrogens is 2. The Labute approximate surface area is 231 Å². The molecule has 0 saturated carbocycles. The van der Waals surface area contributed by atoms with Gasteiger partial charge in [-0.05, 0) is 48.5 Å². The quantitative estimate of drug-likeness (QED) is 0.0765. The smallest absolute Gasteiger partial charge is 0.269 e. The molecule has 12 heteroatoms. The number of rotatable bonds is 8. The molecule has 0 bridgehead atoms. The summed E-state index contributed by atoms with van der Waals surface area (Å²) in [5, 5.41) is 12.3. The molecular weight excluding hydrogens is 541 g/mol. The number of piperazine rings is 1. The van der Waals surface area contributed by atoms with E-state index in [0.29, 0.717) is 58.8 Å². The maximum absolute atomic E-state index is 13.5. The van der Waals surface area contributed by atoms with Crippen molar-refractivity contribution in [3.63, 3.8) is 0 Å². The second kappa shape index (κ2) is 11.9. The fourth-order valence-corrected chi connectivity index (χ4v) is 6.27. The number of carbonyl (C=O) groups is 1. The summed E-state index contributed by atoms with van der Waals surface area (Å²) in [5.41, 5.74) is 1.82. The van der Waals surface area contributed by atoms with E-state index in [9.17, 15) is 24.1 Å². The lowest BCUT2D eigenvalue weighted by atomic mass is 10.2. The first-order valence-corrected chi connectivity index (χ1v) is 14.3. The van der Waals surface area contributed by atoms with E-state index in [1.165, 1.54) is 52.4 Å². The molecule has 1 fully saturated rings. The van der Waals surface area contributed by atoms with Crippen LogP contribution in [0.3, 0.4) is 0 Å². The predicted octanol–water partition coefficient (Wildman–Crippen LogP) is 4.56. The highest BCUT2D eigenvalue weighted by molar-refractivity contribution is 8.16. The van der Waals surface area contributed by atoms with Crippen LogP contribution in [0.4, 0.5) is 15.8 Å². The molecule has 9 nitrogen and oxygen atoms in total. The van der Waals surface area contributed by atoms with E-state index in [1.54, 1.807) is 42.5 Å². The van der Waals surface area contributed by atoms with Gasteiger partial charge in [0.1, 0.15) is 5.82 Å². The fourth-order valence-electron chi connectivity index (χ4n) is 4.34. The predicted molar refractivity (Wildman–Crippen MR) is 152 cm³/mol. The summed E-state index contributed by atoms with van der Waals surface area (Å²) in [4.78, 5) is 45.1. The number of hydrogen-bond acceptors (Lipinski definition) is 8.